The number of nitrogens with two attached hydrogens (primary N) is 1. The van der Waals surface area contributed by atoms with E-state index in [-0.39, 0.29) is 0 Å². The molecule has 0 amide bonds. The molecule has 0 atom stereocenters. The lowest BCUT2D eigenvalue weighted by Crippen LogP contribution is -2.13. The molecular weight excluding hydrogens is 340 g/mol. The SMILES string of the molecule is CCc1ccsc1CNc1cc(Br)ccc1C(N)=S. The van der Waals surface area contributed by atoms with Crippen LogP contribution in [0.5, 0.6) is 0 Å². The predicted octanol–water partition coefficient (Wildman–Crippen LogP) is 4.32. The van der Waals surface area contributed by atoms with E-state index in [2.05, 4.69) is 39.6 Å². The zero-order valence-electron chi connectivity index (χ0n) is 10.6. The number of anilines is 1. The average molecular weight is 355 g/mol. The monoisotopic (exact) mass is 354 g/mol. The summed E-state index contributed by atoms with van der Waals surface area (Å²) in [5.41, 5.74) is 8.99. The van der Waals surface area contributed by atoms with Crippen LogP contribution in [-0.4, -0.2) is 4.99 Å². The molecule has 5 heteroatoms. The second-order valence-corrected chi connectivity index (χ2v) is 6.49. The number of halogens is 1. The smallest absolute Gasteiger partial charge is 0.106 e. The van der Waals surface area contributed by atoms with Gasteiger partial charge in [0.25, 0.3) is 0 Å². The quantitative estimate of drug-likeness (QED) is 0.785. The second kappa shape index (κ2) is 6.50. The molecule has 19 heavy (non-hydrogen) atoms. The van der Waals surface area contributed by atoms with Gasteiger partial charge in [-0.1, -0.05) is 35.1 Å². The standard InChI is InChI=1S/C14H15BrN2S2/c1-2-9-5-6-19-13(9)8-17-12-7-10(15)3-4-11(12)14(16)18/h3-7,17H,2,8H2,1H3,(H2,16,18). The summed E-state index contributed by atoms with van der Waals surface area (Å²) in [7, 11) is 0. The van der Waals surface area contributed by atoms with Crippen LogP contribution in [0.2, 0.25) is 0 Å². The Kier molecular flexibility index (Phi) is 4.96. The normalized spacial score (nSPS) is 10.4. The van der Waals surface area contributed by atoms with E-state index < -0.39 is 0 Å². The van der Waals surface area contributed by atoms with Crippen molar-refractivity contribution in [2.24, 2.45) is 5.73 Å². The van der Waals surface area contributed by atoms with Crippen LogP contribution < -0.4 is 11.1 Å². The molecule has 0 aliphatic carbocycles. The Morgan fingerprint density at radius 1 is 1.42 bits per heavy atom. The molecule has 0 saturated carbocycles. The van der Waals surface area contributed by atoms with E-state index in [0.717, 1.165) is 28.7 Å². The molecule has 0 aliphatic rings. The van der Waals surface area contributed by atoms with Gasteiger partial charge >= 0.3 is 0 Å². The molecule has 1 aromatic heterocycles. The summed E-state index contributed by atoms with van der Waals surface area (Å²) < 4.78 is 1.01. The van der Waals surface area contributed by atoms with Crippen LogP contribution >= 0.6 is 39.5 Å². The average Bonchev–Trinajstić information content (AvgIpc) is 2.83. The largest absolute Gasteiger partial charge is 0.389 e. The summed E-state index contributed by atoms with van der Waals surface area (Å²) in [4.78, 5) is 1.77. The second-order valence-electron chi connectivity index (χ2n) is 4.13. The molecular formula is C14H15BrN2S2. The molecule has 1 aromatic carbocycles. The summed E-state index contributed by atoms with van der Waals surface area (Å²) in [5.74, 6) is 0. The van der Waals surface area contributed by atoms with E-state index in [1.54, 1.807) is 11.3 Å². The van der Waals surface area contributed by atoms with Crippen LogP contribution in [0.25, 0.3) is 0 Å². The summed E-state index contributed by atoms with van der Waals surface area (Å²) >= 11 is 10.3. The fourth-order valence-electron chi connectivity index (χ4n) is 1.89. The van der Waals surface area contributed by atoms with E-state index in [4.69, 9.17) is 18.0 Å². The highest BCUT2D eigenvalue weighted by Gasteiger charge is 2.07. The van der Waals surface area contributed by atoms with Crippen molar-refractivity contribution in [1.82, 2.24) is 0 Å². The summed E-state index contributed by atoms with van der Waals surface area (Å²) in [6.07, 6.45) is 1.06. The number of hydrogen-bond acceptors (Lipinski definition) is 3. The number of rotatable bonds is 5. The van der Waals surface area contributed by atoms with Gasteiger partial charge in [-0.05, 0) is 41.6 Å². The molecule has 0 fully saturated rings. The van der Waals surface area contributed by atoms with Crippen LogP contribution in [0.4, 0.5) is 5.69 Å². The molecule has 2 aromatic rings. The van der Waals surface area contributed by atoms with E-state index in [0.29, 0.717) is 4.99 Å². The fraction of sp³-hybridized carbons (Fsp3) is 0.214. The Morgan fingerprint density at radius 3 is 2.89 bits per heavy atom. The molecule has 0 radical (unpaired) electrons. The summed E-state index contributed by atoms with van der Waals surface area (Å²) in [5, 5.41) is 5.56. The molecule has 0 bridgehead atoms. The highest BCUT2D eigenvalue weighted by atomic mass is 79.9. The third-order valence-electron chi connectivity index (χ3n) is 2.91. The summed E-state index contributed by atoms with van der Waals surface area (Å²) in [6.45, 7) is 2.97. The first-order valence-electron chi connectivity index (χ1n) is 6.00. The van der Waals surface area contributed by atoms with Crippen molar-refractivity contribution in [3.8, 4) is 0 Å². The highest BCUT2D eigenvalue weighted by molar-refractivity contribution is 9.10. The molecule has 2 nitrogen and oxygen atoms in total. The number of aryl methyl sites for hydroxylation is 1. The van der Waals surface area contributed by atoms with Crippen molar-refractivity contribution < 1.29 is 0 Å². The van der Waals surface area contributed by atoms with Crippen molar-refractivity contribution in [3.63, 3.8) is 0 Å². The number of nitrogens with one attached hydrogen (secondary N) is 1. The molecule has 0 saturated heterocycles. The minimum atomic E-state index is 0.414. The maximum absolute atomic E-state index is 5.75. The first kappa shape index (κ1) is 14.5. The predicted molar refractivity (Wildman–Crippen MR) is 91.1 cm³/mol. The highest BCUT2D eigenvalue weighted by Crippen LogP contribution is 2.24. The number of thiophene rings is 1. The lowest BCUT2D eigenvalue weighted by atomic mass is 10.1. The molecule has 0 aliphatic heterocycles. The molecule has 0 unspecified atom stereocenters. The van der Waals surface area contributed by atoms with Gasteiger partial charge in [-0.2, -0.15) is 0 Å². The summed E-state index contributed by atoms with van der Waals surface area (Å²) in [6, 6.07) is 8.07. The lowest BCUT2D eigenvalue weighted by molar-refractivity contribution is 1.08. The third kappa shape index (κ3) is 3.55. The van der Waals surface area contributed by atoms with Crippen LogP contribution in [0.3, 0.4) is 0 Å². The zero-order chi connectivity index (χ0) is 13.8. The van der Waals surface area contributed by atoms with Gasteiger partial charge < -0.3 is 11.1 Å². The van der Waals surface area contributed by atoms with Crippen molar-refractivity contribution in [3.05, 3.63) is 50.1 Å². The molecule has 2 rings (SSSR count). The van der Waals surface area contributed by atoms with Gasteiger partial charge in [0.05, 0.1) is 0 Å². The third-order valence-corrected chi connectivity index (χ3v) is 4.58. The number of hydrogen-bond donors (Lipinski definition) is 2. The van der Waals surface area contributed by atoms with Gasteiger partial charge in [0.15, 0.2) is 0 Å². The van der Waals surface area contributed by atoms with Gasteiger partial charge in [-0.15, -0.1) is 11.3 Å². The molecule has 3 N–H and O–H groups in total. The first-order valence-corrected chi connectivity index (χ1v) is 8.08. The minimum Gasteiger partial charge on any atom is -0.389 e. The van der Waals surface area contributed by atoms with E-state index in [1.165, 1.54) is 10.4 Å². The lowest BCUT2D eigenvalue weighted by Gasteiger charge is -2.12. The van der Waals surface area contributed by atoms with Gasteiger partial charge in [0.2, 0.25) is 0 Å². The van der Waals surface area contributed by atoms with Crippen LogP contribution in [0, 0.1) is 0 Å². The van der Waals surface area contributed by atoms with Gasteiger partial charge in [0, 0.05) is 27.1 Å². The van der Waals surface area contributed by atoms with Gasteiger partial charge in [0.1, 0.15) is 4.99 Å². The molecule has 0 spiro atoms. The van der Waals surface area contributed by atoms with Crippen LogP contribution in [-0.2, 0) is 13.0 Å². The van der Waals surface area contributed by atoms with Crippen molar-refractivity contribution >= 4 is 50.2 Å². The minimum absolute atomic E-state index is 0.414. The Morgan fingerprint density at radius 2 is 2.21 bits per heavy atom. The van der Waals surface area contributed by atoms with Gasteiger partial charge in [-0.3, -0.25) is 0 Å². The maximum Gasteiger partial charge on any atom is 0.106 e. The van der Waals surface area contributed by atoms with Crippen molar-refractivity contribution in [1.29, 1.82) is 0 Å². The van der Waals surface area contributed by atoms with Crippen molar-refractivity contribution in [2.45, 2.75) is 19.9 Å². The Hall–Kier alpha value is -0.910. The van der Waals surface area contributed by atoms with E-state index >= 15 is 0 Å². The van der Waals surface area contributed by atoms with Crippen LogP contribution in [0.15, 0.2) is 34.1 Å². The number of thiocarbonyl (C=S) groups is 1. The van der Waals surface area contributed by atoms with E-state index in [1.807, 2.05) is 18.2 Å². The van der Waals surface area contributed by atoms with Gasteiger partial charge in [-0.25, -0.2) is 0 Å². The zero-order valence-corrected chi connectivity index (χ0v) is 13.8. The maximum atomic E-state index is 5.75. The topological polar surface area (TPSA) is 38.0 Å². The van der Waals surface area contributed by atoms with Crippen LogP contribution in [0.1, 0.15) is 22.9 Å². The Labute approximate surface area is 131 Å². The Balaban J connectivity index is 2.19. The number of benzene rings is 1. The first-order chi connectivity index (χ1) is 9.11. The van der Waals surface area contributed by atoms with Crippen molar-refractivity contribution in [2.75, 3.05) is 5.32 Å². The molecule has 100 valence electrons. The fourth-order valence-corrected chi connectivity index (χ4v) is 3.35. The molecule has 1 heterocycles. The Bertz CT molecular complexity index is 593. The van der Waals surface area contributed by atoms with E-state index in [9.17, 15) is 0 Å².